The third kappa shape index (κ3) is 7.28. The Morgan fingerprint density at radius 1 is 0.821 bits per heavy atom. The molecule has 1 amide bonds. The minimum atomic E-state index is -0.191. The molecule has 2 saturated heterocycles. The second-order valence-electron chi connectivity index (χ2n) is 11.5. The zero-order valence-corrected chi connectivity index (χ0v) is 23.5. The van der Waals surface area contributed by atoms with Crippen molar-refractivity contribution in [2.45, 2.75) is 57.8 Å². The van der Waals surface area contributed by atoms with Gasteiger partial charge in [0.2, 0.25) is 0 Å². The predicted molar refractivity (Wildman–Crippen MR) is 157 cm³/mol. The highest BCUT2D eigenvalue weighted by Crippen LogP contribution is 2.35. The van der Waals surface area contributed by atoms with Crippen LogP contribution in [0.2, 0.25) is 0 Å². The molecule has 39 heavy (non-hydrogen) atoms. The fourth-order valence-corrected chi connectivity index (χ4v) is 6.48. The summed E-state index contributed by atoms with van der Waals surface area (Å²) in [6, 6.07) is 32.2. The number of hydrogen-bond donors (Lipinski definition) is 0. The molecule has 1 unspecified atom stereocenters. The van der Waals surface area contributed by atoms with Crippen LogP contribution in [0.4, 0.5) is 4.79 Å². The molecular weight excluding hydrogens is 482 g/mol. The van der Waals surface area contributed by atoms with E-state index in [1.54, 1.807) is 0 Å². The summed E-state index contributed by atoms with van der Waals surface area (Å²) in [4.78, 5) is 20.3. The molecule has 5 rings (SSSR count). The van der Waals surface area contributed by atoms with E-state index in [0.717, 1.165) is 57.7 Å². The van der Waals surface area contributed by atoms with Gasteiger partial charge in [0.05, 0.1) is 0 Å². The molecule has 0 saturated carbocycles. The van der Waals surface area contributed by atoms with Crippen LogP contribution >= 0.6 is 0 Å². The molecule has 206 valence electrons. The lowest BCUT2D eigenvalue weighted by Gasteiger charge is -2.41. The van der Waals surface area contributed by atoms with Gasteiger partial charge in [-0.3, -0.25) is 4.90 Å². The first kappa shape index (κ1) is 27.4. The van der Waals surface area contributed by atoms with Crippen molar-refractivity contribution >= 4 is 6.09 Å². The van der Waals surface area contributed by atoms with Gasteiger partial charge in [0.15, 0.2) is 0 Å². The maximum atomic E-state index is 13.1. The van der Waals surface area contributed by atoms with Crippen molar-refractivity contribution < 1.29 is 9.53 Å². The molecule has 0 aliphatic carbocycles. The number of amides is 1. The molecule has 0 N–H and O–H groups in total. The van der Waals surface area contributed by atoms with E-state index in [1.807, 2.05) is 35.2 Å². The van der Waals surface area contributed by atoms with E-state index in [4.69, 9.17) is 4.74 Å². The summed E-state index contributed by atoms with van der Waals surface area (Å²) >= 11 is 0. The summed E-state index contributed by atoms with van der Waals surface area (Å²) in [5, 5.41) is 0. The number of hydrogen-bond acceptors (Lipinski definition) is 4. The molecule has 2 aliphatic heterocycles. The second kappa shape index (κ2) is 13.3. The van der Waals surface area contributed by atoms with E-state index >= 15 is 0 Å². The van der Waals surface area contributed by atoms with Crippen molar-refractivity contribution in [3.63, 3.8) is 0 Å². The van der Waals surface area contributed by atoms with E-state index in [-0.39, 0.29) is 18.2 Å². The summed E-state index contributed by atoms with van der Waals surface area (Å²) in [6.45, 7) is 10.9. The number of benzene rings is 3. The number of piperidine rings is 1. The first-order valence-electron chi connectivity index (χ1n) is 14.6. The lowest BCUT2D eigenvalue weighted by Crippen LogP contribution is -2.51. The monoisotopic (exact) mass is 525 g/mol. The third-order valence-electron chi connectivity index (χ3n) is 8.41. The topological polar surface area (TPSA) is 36.0 Å². The number of nitrogens with zero attached hydrogens (tertiary/aromatic N) is 3. The Hall–Kier alpha value is -3.15. The molecule has 2 heterocycles. The minimum absolute atomic E-state index is 0.119. The van der Waals surface area contributed by atoms with E-state index in [9.17, 15) is 4.79 Å². The van der Waals surface area contributed by atoms with Crippen LogP contribution in [0.25, 0.3) is 0 Å². The molecule has 5 heteroatoms. The molecule has 0 bridgehead atoms. The van der Waals surface area contributed by atoms with Crippen LogP contribution in [0.3, 0.4) is 0 Å². The largest absolute Gasteiger partial charge is 0.445 e. The number of ether oxygens (including phenoxy) is 1. The van der Waals surface area contributed by atoms with Crippen LogP contribution in [0.5, 0.6) is 0 Å². The second-order valence-corrected chi connectivity index (χ2v) is 11.5. The first-order valence-corrected chi connectivity index (χ1v) is 14.6. The van der Waals surface area contributed by atoms with Gasteiger partial charge in [-0.1, -0.05) is 91.0 Å². The Kier molecular flexibility index (Phi) is 9.33. The fraction of sp³-hybridized carbons (Fsp3) is 0.441. The van der Waals surface area contributed by atoms with Crippen LogP contribution in [0.1, 0.15) is 49.3 Å². The molecule has 3 aromatic rings. The maximum Gasteiger partial charge on any atom is 0.410 e. The van der Waals surface area contributed by atoms with Crippen LogP contribution in [-0.2, 0) is 17.9 Å². The lowest BCUT2D eigenvalue weighted by molar-refractivity contribution is 0.0447. The Morgan fingerprint density at radius 3 is 2.03 bits per heavy atom. The average molecular weight is 526 g/mol. The van der Waals surface area contributed by atoms with Gasteiger partial charge >= 0.3 is 6.09 Å². The van der Waals surface area contributed by atoms with Crippen LogP contribution in [0, 0.1) is 5.92 Å². The van der Waals surface area contributed by atoms with Crippen molar-refractivity contribution in [3.8, 4) is 0 Å². The first-order chi connectivity index (χ1) is 19.1. The molecule has 0 radical (unpaired) electrons. The lowest BCUT2D eigenvalue weighted by atomic mass is 9.88. The fourth-order valence-electron chi connectivity index (χ4n) is 6.48. The Bertz CT molecular complexity index is 1150. The van der Waals surface area contributed by atoms with E-state index in [1.165, 1.54) is 11.1 Å². The standard InChI is InChI=1S/C34H43N3O2/c1-27(2)37(34(38)39-26-29-14-8-4-9-15-29)32-18-20-35(21-19-32)23-31-24-36(22-28-12-6-3-7-13-28)25-33(31)30-16-10-5-11-17-30/h3-17,27,31-33H,18-26H2,1-2H3/t31?,33-/m1/s1. The highest BCUT2D eigenvalue weighted by Gasteiger charge is 2.37. The van der Waals surface area contributed by atoms with E-state index in [2.05, 4.69) is 84.3 Å². The van der Waals surface area contributed by atoms with Gasteiger partial charge < -0.3 is 14.5 Å². The molecular formula is C34H43N3O2. The Balaban J connectivity index is 1.18. The number of likely N-dealkylation sites (tertiary alicyclic amines) is 2. The summed E-state index contributed by atoms with van der Waals surface area (Å²) in [5.74, 6) is 1.15. The molecule has 3 aromatic carbocycles. The molecule has 2 aliphatic rings. The number of carbonyl (C=O) groups is 1. The van der Waals surface area contributed by atoms with Gasteiger partial charge in [-0.15, -0.1) is 0 Å². The average Bonchev–Trinajstić information content (AvgIpc) is 3.36. The maximum absolute atomic E-state index is 13.1. The predicted octanol–water partition coefficient (Wildman–Crippen LogP) is 6.41. The van der Waals surface area contributed by atoms with Gasteiger partial charge in [-0.25, -0.2) is 4.79 Å². The normalized spacial score (nSPS) is 20.8. The van der Waals surface area contributed by atoms with Crippen molar-refractivity contribution in [1.82, 2.24) is 14.7 Å². The van der Waals surface area contributed by atoms with Gasteiger partial charge in [0.25, 0.3) is 0 Å². The molecule has 0 spiro atoms. The summed E-state index contributed by atoms with van der Waals surface area (Å²) in [5.41, 5.74) is 3.87. The van der Waals surface area contributed by atoms with Crippen molar-refractivity contribution in [2.24, 2.45) is 5.92 Å². The summed E-state index contributed by atoms with van der Waals surface area (Å²) in [6.07, 6.45) is 1.80. The SMILES string of the molecule is CC(C)N(C(=O)OCc1ccccc1)C1CCN(CC2CN(Cc3ccccc3)C[C@@H]2c2ccccc2)CC1. The van der Waals surface area contributed by atoms with Crippen LogP contribution < -0.4 is 0 Å². The van der Waals surface area contributed by atoms with E-state index < -0.39 is 0 Å². The molecule has 5 nitrogen and oxygen atoms in total. The highest BCUT2D eigenvalue weighted by molar-refractivity contribution is 5.68. The van der Waals surface area contributed by atoms with Gasteiger partial charge in [0.1, 0.15) is 6.61 Å². The third-order valence-corrected chi connectivity index (χ3v) is 8.41. The minimum Gasteiger partial charge on any atom is -0.445 e. The number of carbonyl (C=O) groups excluding carboxylic acids is 1. The van der Waals surface area contributed by atoms with Gasteiger partial charge in [-0.2, -0.15) is 0 Å². The van der Waals surface area contributed by atoms with Crippen LogP contribution in [-0.4, -0.2) is 65.6 Å². The van der Waals surface area contributed by atoms with Crippen molar-refractivity contribution in [2.75, 3.05) is 32.7 Å². The van der Waals surface area contributed by atoms with E-state index in [0.29, 0.717) is 18.4 Å². The quantitative estimate of drug-likeness (QED) is 0.323. The molecule has 2 fully saturated rings. The van der Waals surface area contributed by atoms with Crippen LogP contribution in [0.15, 0.2) is 91.0 Å². The summed E-state index contributed by atoms with van der Waals surface area (Å²) < 4.78 is 5.73. The molecule has 0 aromatic heterocycles. The highest BCUT2D eigenvalue weighted by atomic mass is 16.6. The number of rotatable bonds is 9. The molecule has 2 atom stereocenters. The van der Waals surface area contributed by atoms with Crippen molar-refractivity contribution in [3.05, 3.63) is 108 Å². The van der Waals surface area contributed by atoms with Gasteiger partial charge in [-0.05, 0) is 49.3 Å². The van der Waals surface area contributed by atoms with Gasteiger partial charge in [0, 0.05) is 57.3 Å². The zero-order valence-electron chi connectivity index (χ0n) is 23.5. The van der Waals surface area contributed by atoms with Crippen molar-refractivity contribution in [1.29, 1.82) is 0 Å². The summed E-state index contributed by atoms with van der Waals surface area (Å²) in [7, 11) is 0. The Labute approximate surface area is 234 Å². The Morgan fingerprint density at radius 2 is 1.41 bits per heavy atom. The smallest absolute Gasteiger partial charge is 0.410 e. The zero-order chi connectivity index (χ0) is 27.0.